The van der Waals surface area contributed by atoms with Crippen molar-refractivity contribution in [3.05, 3.63) is 23.8 Å². The minimum absolute atomic E-state index is 0.615. The van der Waals surface area contributed by atoms with Gasteiger partial charge in [-0.2, -0.15) is 11.8 Å². The summed E-state index contributed by atoms with van der Waals surface area (Å²) in [7, 11) is 0. The first-order valence-corrected chi connectivity index (χ1v) is 6.33. The molecule has 1 aromatic carbocycles. The smallest absolute Gasteiger partial charge is 0.201 e. The van der Waals surface area contributed by atoms with Gasteiger partial charge in [-0.15, -0.1) is 0 Å². The summed E-state index contributed by atoms with van der Waals surface area (Å²) in [6.07, 6.45) is 2.10. The number of aromatic nitrogens is 2. The number of fused-ring (bicyclic) bond motifs is 1. The number of imidazole rings is 1. The van der Waals surface area contributed by atoms with Crippen molar-refractivity contribution in [2.24, 2.45) is 0 Å². The molecular formula is C11H15N3S. The molecule has 2 aromatic rings. The molecule has 3 nitrogen and oxygen atoms in total. The highest BCUT2D eigenvalue weighted by Crippen LogP contribution is 2.19. The summed E-state index contributed by atoms with van der Waals surface area (Å²) < 4.78 is 2.07. The molecule has 0 saturated carbocycles. The third kappa shape index (κ3) is 1.95. The van der Waals surface area contributed by atoms with Gasteiger partial charge in [0.2, 0.25) is 5.95 Å². The second-order valence-electron chi connectivity index (χ2n) is 3.61. The van der Waals surface area contributed by atoms with E-state index in [1.165, 1.54) is 5.56 Å². The topological polar surface area (TPSA) is 43.8 Å². The lowest BCUT2D eigenvalue weighted by molar-refractivity contribution is 0.810. The van der Waals surface area contributed by atoms with Crippen LogP contribution in [0.4, 0.5) is 5.95 Å². The largest absolute Gasteiger partial charge is 0.369 e. The molecule has 0 aliphatic carbocycles. The van der Waals surface area contributed by atoms with Gasteiger partial charge < -0.3 is 10.3 Å². The van der Waals surface area contributed by atoms with E-state index in [2.05, 4.69) is 40.9 Å². The molecule has 0 aliphatic rings. The maximum Gasteiger partial charge on any atom is 0.201 e. The Morgan fingerprint density at radius 3 is 3.00 bits per heavy atom. The Kier molecular flexibility index (Phi) is 2.86. The minimum Gasteiger partial charge on any atom is -0.369 e. The van der Waals surface area contributed by atoms with Gasteiger partial charge in [-0.05, 0) is 30.9 Å². The van der Waals surface area contributed by atoms with E-state index in [0.29, 0.717) is 5.95 Å². The maximum absolute atomic E-state index is 5.89. The first-order valence-electron chi connectivity index (χ1n) is 4.93. The number of aryl methyl sites for hydroxylation is 2. The quantitative estimate of drug-likeness (QED) is 0.864. The predicted octanol–water partition coefficient (Wildman–Crippen LogP) is 2.29. The molecule has 4 heteroatoms. The molecular weight excluding hydrogens is 206 g/mol. The third-order valence-electron chi connectivity index (χ3n) is 2.45. The van der Waals surface area contributed by atoms with Gasteiger partial charge in [0, 0.05) is 12.3 Å². The number of nitrogens with zero attached hydrogens (tertiary/aromatic N) is 2. The van der Waals surface area contributed by atoms with E-state index >= 15 is 0 Å². The Labute approximate surface area is 93.7 Å². The molecule has 1 aromatic heterocycles. The number of thioether (sulfide) groups is 1. The van der Waals surface area contributed by atoms with Crippen molar-refractivity contribution in [3.8, 4) is 0 Å². The zero-order valence-corrected chi connectivity index (χ0v) is 9.84. The number of rotatable bonds is 3. The number of benzene rings is 1. The van der Waals surface area contributed by atoms with Crippen molar-refractivity contribution < 1.29 is 0 Å². The van der Waals surface area contributed by atoms with E-state index in [-0.39, 0.29) is 0 Å². The maximum atomic E-state index is 5.89. The fourth-order valence-electron chi connectivity index (χ4n) is 1.68. The predicted molar refractivity (Wildman–Crippen MR) is 67.3 cm³/mol. The van der Waals surface area contributed by atoms with Crippen LogP contribution in [-0.2, 0) is 6.54 Å². The SMILES string of the molecule is CSCCn1c(N)nc2cc(C)ccc21. The van der Waals surface area contributed by atoms with Crippen LogP contribution in [0.5, 0.6) is 0 Å². The van der Waals surface area contributed by atoms with Gasteiger partial charge in [-0.3, -0.25) is 0 Å². The molecule has 0 spiro atoms. The van der Waals surface area contributed by atoms with E-state index in [1.807, 2.05) is 11.8 Å². The van der Waals surface area contributed by atoms with Crippen molar-refractivity contribution in [3.63, 3.8) is 0 Å². The monoisotopic (exact) mass is 221 g/mol. The summed E-state index contributed by atoms with van der Waals surface area (Å²) in [5.74, 6) is 1.67. The molecule has 0 saturated heterocycles. The van der Waals surface area contributed by atoms with Crippen LogP contribution < -0.4 is 5.73 Å². The van der Waals surface area contributed by atoms with Gasteiger partial charge in [0.1, 0.15) is 0 Å². The van der Waals surface area contributed by atoms with E-state index < -0.39 is 0 Å². The Bertz CT molecular complexity index is 476. The second-order valence-corrected chi connectivity index (χ2v) is 4.59. The van der Waals surface area contributed by atoms with Crippen LogP contribution in [0, 0.1) is 6.92 Å². The van der Waals surface area contributed by atoms with E-state index in [0.717, 1.165) is 23.3 Å². The highest BCUT2D eigenvalue weighted by Gasteiger charge is 2.06. The van der Waals surface area contributed by atoms with Gasteiger partial charge >= 0.3 is 0 Å². The van der Waals surface area contributed by atoms with Crippen LogP contribution in [0.25, 0.3) is 11.0 Å². The average Bonchev–Trinajstić information content (AvgIpc) is 2.50. The molecule has 2 N–H and O–H groups in total. The molecule has 0 fully saturated rings. The molecule has 0 unspecified atom stereocenters. The summed E-state index contributed by atoms with van der Waals surface area (Å²) in [6, 6.07) is 6.26. The highest BCUT2D eigenvalue weighted by molar-refractivity contribution is 7.98. The summed E-state index contributed by atoms with van der Waals surface area (Å²) in [5, 5.41) is 0. The normalized spacial score (nSPS) is 11.1. The van der Waals surface area contributed by atoms with Crippen molar-refractivity contribution in [1.29, 1.82) is 0 Å². The summed E-state index contributed by atoms with van der Waals surface area (Å²) in [4.78, 5) is 4.36. The zero-order chi connectivity index (χ0) is 10.8. The second kappa shape index (κ2) is 4.14. The fraction of sp³-hybridized carbons (Fsp3) is 0.364. The van der Waals surface area contributed by atoms with Crippen LogP contribution in [0.2, 0.25) is 0 Å². The highest BCUT2D eigenvalue weighted by atomic mass is 32.2. The molecule has 0 radical (unpaired) electrons. The van der Waals surface area contributed by atoms with Crippen LogP contribution in [0.15, 0.2) is 18.2 Å². The summed E-state index contributed by atoms with van der Waals surface area (Å²) in [5.41, 5.74) is 9.23. The van der Waals surface area contributed by atoms with E-state index in [1.54, 1.807) is 0 Å². The average molecular weight is 221 g/mol. The van der Waals surface area contributed by atoms with Crippen LogP contribution >= 0.6 is 11.8 Å². The number of nitrogen functional groups attached to an aromatic ring is 1. The lowest BCUT2D eigenvalue weighted by Crippen LogP contribution is -2.04. The number of anilines is 1. The summed E-state index contributed by atoms with van der Waals surface area (Å²) >= 11 is 1.82. The standard InChI is InChI=1S/C11H15N3S/c1-8-3-4-10-9(7-8)13-11(12)14(10)5-6-15-2/h3-4,7H,5-6H2,1-2H3,(H2,12,13). The summed E-state index contributed by atoms with van der Waals surface area (Å²) in [6.45, 7) is 2.99. The molecule has 1 heterocycles. The molecule has 0 aliphatic heterocycles. The molecule has 0 amide bonds. The van der Waals surface area contributed by atoms with E-state index in [9.17, 15) is 0 Å². The molecule has 15 heavy (non-hydrogen) atoms. The lowest BCUT2D eigenvalue weighted by atomic mass is 10.2. The van der Waals surface area contributed by atoms with Crippen molar-refractivity contribution in [2.45, 2.75) is 13.5 Å². The molecule has 80 valence electrons. The number of hydrogen-bond acceptors (Lipinski definition) is 3. The Balaban J connectivity index is 2.48. The van der Waals surface area contributed by atoms with Crippen LogP contribution in [0.3, 0.4) is 0 Å². The Morgan fingerprint density at radius 2 is 2.27 bits per heavy atom. The minimum atomic E-state index is 0.615. The fourth-order valence-corrected chi connectivity index (χ4v) is 2.04. The van der Waals surface area contributed by atoms with Gasteiger partial charge in [0.15, 0.2) is 0 Å². The van der Waals surface area contributed by atoms with Crippen molar-refractivity contribution in [1.82, 2.24) is 9.55 Å². The van der Waals surface area contributed by atoms with Gasteiger partial charge in [0.05, 0.1) is 11.0 Å². The lowest BCUT2D eigenvalue weighted by Gasteiger charge is -2.04. The Hall–Kier alpha value is -1.16. The van der Waals surface area contributed by atoms with Crippen LogP contribution in [0.1, 0.15) is 5.56 Å². The zero-order valence-electron chi connectivity index (χ0n) is 9.03. The Morgan fingerprint density at radius 1 is 1.47 bits per heavy atom. The first kappa shape index (κ1) is 10.4. The first-order chi connectivity index (χ1) is 7.22. The molecule has 0 bridgehead atoms. The van der Waals surface area contributed by atoms with Crippen molar-refractivity contribution in [2.75, 3.05) is 17.7 Å². The third-order valence-corrected chi connectivity index (χ3v) is 3.04. The van der Waals surface area contributed by atoms with Crippen LogP contribution in [-0.4, -0.2) is 21.6 Å². The van der Waals surface area contributed by atoms with Gasteiger partial charge in [-0.1, -0.05) is 6.07 Å². The number of hydrogen-bond donors (Lipinski definition) is 1. The van der Waals surface area contributed by atoms with Gasteiger partial charge in [0.25, 0.3) is 0 Å². The van der Waals surface area contributed by atoms with Crippen molar-refractivity contribution >= 4 is 28.7 Å². The number of nitrogens with two attached hydrogens (primary N) is 1. The van der Waals surface area contributed by atoms with E-state index in [4.69, 9.17) is 5.73 Å². The molecule has 0 atom stereocenters. The van der Waals surface area contributed by atoms with Gasteiger partial charge in [-0.25, -0.2) is 4.98 Å². The molecule has 2 rings (SSSR count).